The lowest BCUT2D eigenvalue weighted by molar-refractivity contribution is 0.132. The zero-order valence-electron chi connectivity index (χ0n) is 14.7. The Balaban J connectivity index is 1.66. The van der Waals surface area contributed by atoms with Crippen LogP contribution in [0.1, 0.15) is 18.1 Å². The molecule has 0 aliphatic carbocycles. The second-order valence-electron chi connectivity index (χ2n) is 5.78. The summed E-state index contributed by atoms with van der Waals surface area (Å²) in [5.41, 5.74) is 9.32. The average Bonchev–Trinajstić information content (AvgIpc) is 3.29. The molecular weight excluding hydrogens is 344 g/mol. The third-order valence-corrected chi connectivity index (χ3v) is 4.08. The van der Waals surface area contributed by atoms with Gasteiger partial charge in [0.2, 0.25) is 11.9 Å². The van der Waals surface area contributed by atoms with E-state index in [-0.39, 0.29) is 5.95 Å². The van der Waals surface area contributed by atoms with E-state index >= 15 is 0 Å². The molecule has 27 heavy (non-hydrogen) atoms. The summed E-state index contributed by atoms with van der Waals surface area (Å²) in [6, 6.07) is 9.86. The molecule has 0 atom stereocenters. The molecule has 0 aliphatic heterocycles. The number of pyridine rings is 1. The van der Waals surface area contributed by atoms with Gasteiger partial charge in [-0.05, 0) is 12.5 Å². The summed E-state index contributed by atoms with van der Waals surface area (Å²) >= 11 is 0. The lowest BCUT2D eigenvalue weighted by atomic mass is 10.2. The Hall–Kier alpha value is -3.75. The number of anilines is 1. The van der Waals surface area contributed by atoms with E-state index in [1.165, 1.54) is 11.0 Å². The molecular formula is C18H18N8O. The SMILES string of the molecule is CCn1c(-n2ncnc2N)nc2cncc(C=NOCc3ccccc3)c21. The first-order valence-corrected chi connectivity index (χ1v) is 8.47. The minimum Gasteiger partial charge on any atom is -0.391 e. The molecule has 0 amide bonds. The molecule has 0 fully saturated rings. The quantitative estimate of drug-likeness (QED) is 0.416. The molecule has 0 saturated carbocycles. The van der Waals surface area contributed by atoms with Gasteiger partial charge in [-0.25, -0.2) is 4.98 Å². The van der Waals surface area contributed by atoms with Gasteiger partial charge in [-0.15, -0.1) is 0 Å². The number of rotatable bonds is 6. The van der Waals surface area contributed by atoms with Gasteiger partial charge >= 0.3 is 0 Å². The fourth-order valence-electron chi connectivity index (χ4n) is 2.84. The van der Waals surface area contributed by atoms with Crippen LogP contribution in [0.15, 0.2) is 54.2 Å². The summed E-state index contributed by atoms with van der Waals surface area (Å²) in [6.45, 7) is 3.08. The van der Waals surface area contributed by atoms with Crippen molar-refractivity contribution in [2.24, 2.45) is 5.16 Å². The molecule has 3 heterocycles. The number of nitrogens with two attached hydrogens (primary N) is 1. The summed E-state index contributed by atoms with van der Waals surface area (Å²) in [6.07, 6.45) is 6.45. The van der Waals surface area contributed by atoms with Gasteiger partial charge in [0.25, 0.3) is 0 Å². The molecule has 0 bridgehead atoms. The maximum Gasteiger partial charge on any atom is 0.235 e. The zero-order chi connectivity index (χ0) is 18.6. The number of hydrogen-bond acceptors (Lipinski definition) is 7. The molecule has 2 N–H and O–H groups in total. The lowest BCUT2D eigenvalue weighted by Crippen LogP contribution is -2.10. The second kappa shape index (κ2) is 7.24. The van der Waals surface area contributed by atoms with Gasteiger partial charge in [0.15, 0.2) is 0 Å². The van der Waals surface area contributed by atoms with E-state index in [0.29, 0.717) is 24.6 Å². The highest BCUT2D eigenvalue weighted by Crippen LogP contribution is 2.21. The lowest BCUT2D eigenvalue weighted by Gasteiger charge is -2.07. The number of aryl methyl sites for hydroxylation is 1. The number of hydrogen-bond donors (Lipinski definition) is 1. The van der Waals surface area contributed by atoms with Crippen molar-refractivity contribution in [3.63, 3.8) is 0 Å². The first-order valence-electron chi connectivity index (χ1n) is 8.47. The maximum atomic E-state index is 5.88. The number of aromatic nitrogens is 6. The maximum absolute atomic E-state index is 5.88. The van der Waals surface area contributed by atoms with Crippen LogP contribution in [0.2, 0.25) is 0 Å². The van der Waals surface area contributed by atoms with Gasteiger partial charge in [0.1, 0.15) is 18.5 Å². The van der Waals surface area contributed by atoms with E-state index < -0.39 is 0 Å². The molecule has 4 aromatic rings. The zero-order valence-corrected chi connectivity index (χ0v) is 14.7. The standard InChI is InChI=1S/C18H18N8O/c1-2-25-16-14(9-23-27-11-13-6-4-3-5-7-13)8-20-10-15(16)24-18(25)26-17(19)21-12-22-26/h3-10,12H,2,11H2,1H3,(H2,19,21,22). The van der Waals surface area contributed by atoms with Crippen molar-refractivity contribution in [1.82, 2.24) is 29.3 Å². The smallest absolute Gasteiger partial charge is 0.235 e. The highest BCUT2D eigenvalue weighted by molar-refractivity contribution is 5.96. The van der Waals surface area contributed by atoms with Crippen LogP contribution < -0.4 is 5.73 Å². The summed E-state index contributed by atoms with van der Waals surface area (Å²) in [4.78, 5) is 18.2. The summed E-state index contributed by atoms with van der Waals surface area (Å²) in [5.74, 6) is 0.852. The Bertz CT molecular complexity index is 1080. The van der Waals surface area contributed by atoms with Crippen molar-refractivity contribution in [3.05, 3.63) is 60.2 Å². The van der Waals surface area contributed by atoms with E-state index in [2.05, 4.69) is 25.2 Å². The largest absolute Gasteiger partial charge is 0.391 e. The first kappa shape index (κ1) is 16.7. The van der Waals surface area contributed by atoms with E-state index in [1.54, 1.807) is 18.6 Å². The van der Waals surface area contributed by atoms with E-state index in [4.69, 9.17) is 10.6 Å². The van der Waals surface area contributed by atoms with Crippen LogP contribution in [0.4, 0.5) is 5.95 Å². The van der Waals surface area contributed by atoms with Gasteiger partial charge in [-0.3, -0.25) is 4.98 Å². The van der Waals surface area contributed by atoms with Crippen molar-refractivity contribution < 1.29 is 4.84 Å². The van der Waals surface area contributed by atoms with Crippen LogP contribution in [0, 0.1) is 0 Å². The predicted molar refractivity (Wildman–Crippen MR) is 101 cm³/mol. The molecule has 9 nitrogen and oxygen atoms in total. The van der Waals surface area contributed by atoms with Crippen LogP contribution in [0.25, 0.3) is 17.0 Å². The van der Waals surface area contributed by atoms with Gasteiger partial charge in [-0.2, -0.15) is 14.8 Å². The Kier molecular flexibility index (Phi) is 4.48. The monoisotopic (exact) mass is 362 g/mol. The molecule has 136 valence electrons. The molecule has 4 rings (SSSR count). The highest BCUT2D eigenvalue weighted by Gasteiger charge is 2.16. The van der Waals surface area contributed by atoms with Crippen LogP contribution in [-0.2, 0) is 18.0 Å². The van der Waals surface area contributed by atoms with Gasteiger partial charge < -0.3 is 15.1 Å². The summed E-state index contributed by atoms with van der Waals surface area (Å²) in [5, 5.41) is 8.23. The van der Waals surface area contributed by atoms with Gasteiger partial charge in [-0.1, -0.05) is 35.5 Å². The van der Waals surface area contributed by atoms with Crippen molar-refractivity contribution in [1.29, 1.82) is 0 Å². The molecule has 3 aromatic heterocycles. The molecule has 0 saturated heterocycles. The molecule has 0 aliphatic rings. The van der Waals surface area contributed by atoms with Gasteiger partial charge in [0, 0.05) is 18.3 Å². The third-order valence-electron chi connectivity index (χ3n) is 4.08. The minimum atomic E-state index is 0.273. The van der Waals surface area contributed by atoms with Crippen molar-refractivity contribution >= 4 is 23.2 Å². The Morgan fingerprint density at radius 1 is 1.22 bits per heavy atom. The van der Waals surface area contributed by atoms with Gasteiger partial charge in [0.05, 0.1) is 17.9 Å². The first-order chi connectivity index (χ1) is 13.3. The summed E-state index contributed by atoms with van der Waals surface area (Å²) < 4.78 is 3.48. The third kappa shape index (κ3) is 3.22. The number of benzene rings is 1. The predicted octanol–water partition coefficient (Wildman–Crippen LogP) is 2.16. The fourth-order valence-corrected chi connectivity index (χ4v) is 2.84. The second-order valence-corrected chi connectivity index (χ2v) is 5.78. The molecule has 0 radical (unpaired) electrons. The van der Waals surface area contributed by atoms with Crippen molar-refractivity contribution in [3.8, 4) is 5.95 Å². The fraction of sp³-hybridized carbons (Fsp3) is 0.167. The van der Waals surface area contributed by atoms with E-state index in [9.17, 15) is 0 Å². The molecule has 0 unspecified atom stereocenters. The minimum absolute atomic E-state index is 0.273. The van der Waals surface area contributed by atoms with Crippen molar-refractivity contribution in [2.45, 2.75) is 20.1 Å². The molecule has 1 aromatic carbocycles. The molecule has 9 heteroatoms. The highest BCUT2D eigenvalue weighted by atomic mass is 16.6. The average molecular weight is 362 g/mol. The van der Waals surface area contributed by atoms with Crippen LogP contribution in [-0.4, -0.2) is 35.5 Å². The topological polar surface area (TPSA) is 109 Å². The number of imidazole rings is 1. The van der Waals surface area contributed by atoms with E-state index in [1.807, 2.05) is 41.8 Å². The van der Waals surface area contributed by atoms with Crippen LogP contribution in [0.5, 0.6) is 0 Å². The number of nitrogens with zero attached hydrogens (tertiary/aromatic N) is 7. The summed E-state index contributed by atoms with van der Waals surface area (Å²) in [7, 11) is 0. The number of fused-ring (bicyclic) bond motifs is 1. The van der Waals surface area contributed by atoms with E-state index in [0.717, 1.165) is 16.6 Å². The van der Waals surface area contributed by atoms with Crippen LogP contribution in [0.3, 0.4) is 0 Å². The number of nitrogen functional groups attached to an aromatic ring is 1. The van der Waals surface area contributed by atoms with Crippen molar-refractivity contribution in [2.75, 3.05) is 5.73 Å². The Morgan fingerprint density at radius 3 is 2.81 bits per heavy atom. The van der Waals surface area contributed by atoms with Crippen LogP contribution >= 0.6 is 0 Å². The normalized spacial score (nSPS) is 11.4. The number of oxime groups is 1. The Labute approximate surface area is 155 Å². The Morgan fingerprint density at radius 2 is 2.07 bits per heavy atom. The molecule has 0 spiro atoms.